The molecule has 0 saturated carbocycles. The van der Waals surface area contributed by atoms with Gasteiger partial charge < -0.3 is 9.47 Å². The van der Waals surface area contributed by atoms with Crippen molar-refractivity contribution in [2.75, 3.05) is 0 Å². The minimum atomic E-state index is -0.406. The normalized spacial score (nSPS) is 12.1. The zero-order chi connectivity index (χ0) is 11.1. The molecule has 0 radical (unpaired) electrons. The van der Waals surface area contributed by atoms with E-state index in [1.807, 2.05) is 34.7 Å². The first-order chi connectivity index (χ1) is 7.74. The van der Waals surface area contributed by atoms with Crippen LogP contribution in [0.25, 0.3) is 0 Å². The van der Waals surface area contributed by atoms with Gasteiger partial charge in [-0.05, 0) is 46.9 Å². The Bertz CT molecular complexity index is 569. The predicted molar refractivity (Wildman–Crippen MR) is 65.7 cm³/mol. The highest BCUT2D eigenvalue weighted by Crippen LogP contribution is 2.46. The molecule has 2 nitrogen and oxygen atoms in total. The molecule has 4 heteroatoms. The SMILES string of the molecule is Fc1cc(I)cc2c1Oc1ccccc1O2. The number of hydrogen-bond acceptors (Lipinski definition) is 2. The first-order valence-corrected chi connectivity index (χ1v) is 5.76. The van der Waals surface area contributed by atoms with Gasteiger partial charge in [0, 0.05) is 3.57 Å². The number of fused-ring (bicyclic) bond motifs is 2. The van der Waals surface area contributed by atoms with Crippen molar-refractivity contribution in [1.82, 2.24) is 0 Å². The van der Waals surface area contributed by atoms with Gasteiger partial charge in [0.15, 0.2) is 23.1 Å². The van der Waals surface area contributed by atoms with Crippen molar-refractivity contribution in [1.29, 1.82) is 0 Å². The summed E-state index contributed by atoms with van der Waals surface area (Å²) in [5, 5.41) is 0. The maximum atomic E-state index is 13.6. The van der Waals surface area contributed by atoms with Gasteiger partial charge >= 0.3 is 0 Å². The molecule has 80 valence electrons. The summed E-state index contributed by atoms with van der Waals surface area (Å²) in [5.41, 5.74) is 0. The highest BCUT2D eigenvalue weighted by molar-refractivity contribution is 14.1. The van der Waals surface area contributed by atoms with E-state index in [9.17, 15) is 4.39 Å². The fraction of sp³-hybridized carbons (Fsp3) is 0. The summed E-state index contributed by atoms with van der Waals surface area (Å²) in [4.78, 5) is 0. The van der Waals surface area contributed by atoms with E-state index in [-0.39, 0.29) is 5.75 Å². The molecule has 0 saturated heterocycles. The van der Waals surface area contributed by atoms with Gasteiger partial charge in [-0.2, -0.15) is 0 Å². The molecule has 3 rings (SSSR count). The number of halogens is 2. The summed E-state index contributed by atoms with van der Waals surface area (Å²) in [6.07, 6.45) is 0. The number of hydrogen-bond donors (Lipinski definition) is 0. The third kappa shape index (κ3) is 1.53. The van der Waals surface area contributed by atoms with Gasteiger partial charge in [-0.15, -0.1) is 0 Å². The van der Waals surface area contributed by atoms with E-state index in [2.05, 4.69) is 0 Å². The number of rotatable bonds is 0. The molecule has 0 bridgehead atoms. The molecule has 2 aromatic rings. The van der Waals surface area contributed by atoms with Crippen LogP contribution in [0.2, 0.25) is 0 Å². The Hall–Kier alpha value is -1.30. The van der Waals surface area contributed by atoms with Gasteiger partial charge in [-0.3, -0.25) is 0 Å². The van der Waals surface area contributed by atoms with Crippen molar-refractivity contribution in [2.45, 2.75) is 0 Å². The summed E-state index contributed by atoms with van der Waals surface area (Å²) < 4.78 is 25.4. The van der Waals surface area contributed by atoms with E-state index >= 15 is 0 Å². The van der Waals surface area contributed by atoms with E-state index in [0.717, 1.165) is 3.57 Å². The lowest BCUT2D eigenvalue weighted by atomic mass is 10.2. The first kappa shape index (κ1) is 9.89. The van der Waals surface area contributed by atoms with Crippen molar-refractivity contribution >= 4 is 22.6 Å². The zero-order valence-corrected chi connectivity index (χ0v) is 10.2. The number of ether oxygens (including phenoxy) is 2. The Morgan fingerprint density at radius 2 is 1.62 bits per heavy atom. The Balaban J connectivity index is 2.15. The third-order valence-corrected chi connectivity index (χ3v) is 2.88. The Kier molecular flexibility index (Phi) is 2.24. The summed E-state index contributed by atoms with van der Waals surface area (Å²) in [6, 6.07) is 10.4. The second kappa shape index (κ2) is 3.62. The molecule has 1 heterocycles. The molecular formula is C12H6FIO2. The lowest BCUT2D eigenvalue weighted by Gasteiger charge is -2.20. The lowest BCUT2D eigenvalue weighted by Crippen LogP contribution is -2.01. The Labute approximate surface area is 105 Å². The van der Waals surface area contributed by atoms with Crippen LogP contribution in [0.15, 0.2) is 36.4 Å². The minimum absolute atomic E-state index is 0.152. The van der Waals surface area contributed by atoms with Crippen LogP contribution in [0, 0.1) is 9.39 Å². The van der Waals surface area contributed by atoms with Crippen LogP contribution in [0.1, 0.15) is 0 Å². The summed E-state index contributed by atoms with van der Waals surface area (Å²) in [6.45, 7) is 0. The molecule has 0 atom stereocenters. The Morgan fingerprint density at radius 3 is 2.38 bits per heavy atom. The summed E-state index contributed by atoms with van der Waals surface area (Å²) >= 11 is 2.04. The molecule has 0 aromatic heterocycles. The van der Waals surface area contributed by atoms with E-state index < -0.39 is 5.82 Å². The van der Waals surface area contributed by atoms with Crippen molar-refractivity contribution in [3.63, 3.8) is 0 Å². The fourth-order valence-electron chi connectivity index (χ4n) is 1.56. The molecule has 0 spiro atoms. The molecule has 16 heavy (non-hydrogen) atoms. The summed E-state index contributed by atoms with van der Waals surface area (Å²) in [7, 11) is 0. The van der Waals surface area contributed by atoms with E-state index in [1.54, 1.807) is 18.2 Å². The molecule has 0 N–H and O–H groups in total. The van der Waals surface area contributed by atoms with Crippen LogP contribution >= 0.6 is 22.6 Å². The average molecular weight is 328 g/mol. The standard InChI is InChI=1S/C12H6FIO2/c13-8-5-7(14)6-11-12(8)16-10-4-2-1-3-9(10)15-11/h1-6H. The second-order valence-corrected chi connectivity index (χ2v) is 4.61. The third-order valence-electron chi connectivity index (χ3n) is 2.26. The first-order valence-electron chi connectivity index (χ1n) is 4.68. The van der Waals surface area contributed by atoms with Gasteiger partial charge in [0.25, 0.3) is 0 Å². The molecule has 0 amide bonds. The quantitative estimate of drug-likeness (QED) is 0.572. The molecule has 1 aliphatic heterocycles. The van der Waals surface area contributed by atoms with Gasteiger partial charge in [-0.1, -0.05) is 12.1 Å². The van der Waals surface area contributed by atoms with Crippen LogP contribution in [0.5, 0.6) is 23.0 Å². The lowest BCUT2D eigenvalue weighted by molar-refractivity contribution is 0.342. The second-order valence-electron chi connectivity index (χ2n) is 3.37. The van der Waals surface area contributed by atoms with Crippen LogP contribution in [0.4, 0.5) is 4.39 Å². The molecule has 0 unspecified atom stereocenters. The van der Waals surface area contributed by atoms with Gasteiger partial charge in [0.05, 0.1) is 0 Å². The fourth-order valence-corrected chi connectivity index (χ4v) is 2.12. The monoisotopic (exact) mass is 328 g/mol. The van der Waals surface area contributed by atoms with E-state index in [4.69, 9.17) is 9.47 Å². The molecule has 0 fully saturated rings. The van der Waals surface area contributed by atoms with Crippen molar-refractivity contribution in [2.24, 2.45) is 0 Å². The highest BCUT2D eigenvalue weighted by atomic mass is 127. The van der Waals surface area contributed by atoms with Gasteiger partial charge in [0.1, 0.15) is 0 Å². The Morgan fingerprint density at radius 1 is 0.938 bits per heavy atom. The summed E-state index contributed by atoms with van der Waals surface area (Å²) in [5.74, 6) is 1.31. The van der Waals surface area contributed by atoms with Crippen LogP contribution in [0.3, 0.4) is 0 Å². The van der Waals surface area contributed by atoms with E-state index in [0.29, 0.717) is 17.2 Å². The topological polar surface area (TPSA) is 18.5 Å². The van der Waals surface area contributed by atoms with Crippen LogP contribution < -0.4 is 9.47 Å². The smallest absolute Gasteiger partial charge is 0.205 e. The number of para-hydroxylation sites is 2. The highest BCUT2D eigenvalue weighted by Gasteiger charge is 2.22. The van der Waals surface area contributed by atoms with Crippen molar-refractivity contribution in [3.05, 3.63) is 45.8 Å². The van der Waals surface area contributed by atoms with Crippen LogP contribution in [-0.4, -0.2) is 0 Å². The molecule has 0 aliphatic carbocycles. The molecular weight excluding hydrogens is 322 g/mol. The zero-order valence-electron chi connectivity index (χ0n) is 8.04. The van der Waals surface area contributed by atoms with E-state index in [1.165, 1.54) is 6.07 Å². The maximum absolute atomic E-state index is 13.6. The maximum Gasteiger partial charge on any atom is 0.205 e. The van der Waals surface area contributed by atoms with Crippen LogP contribution in [-0.2, 0) is 0 Å². The van der Waals surface area contributed by atoms with Crippen molar-refractivity contribution in [3.8, 4) is 23.0 Å². The van der Waals surface area contributed by atoms with Crippen molar-refractivity contribution < 1.29 is 13.9 Å². The number of benzene rings is 2. The largest absolute Gasteiger partial charge is 0.449 e. The molecule has 1 aliphatic rings. The molecule has 2 aromatic carbocycles. The predicted octanol–water partition coefficient (Wildman–Crippen LogP) is 4.33. The van der Waals surface area contributed by atoms with Gasteiger partial charge in [-0.25, -0.2) is 4.39 Å². The average Bonchev–Trinajstić information content (AvgIpc) is 2.27. The van der Waals surface area contributed by atoms with Gasteiger partial charge in [0.2, 0.25) is 5.75 Å². The minimum Gasteiger partial charge on any atom is -0.449 e.